The minimum Gasteiger partial charge on any atom is -0.479 e. The fourth-order valence-electron chi connectivity index (χ4n) is 0.567. The predicted octanol–water partition coefficient (Wildman–Crippen LogP) is 0.287. The fourth-order valence-corrected chi connectivity index (χ4v) is 0.567. The maximum absolute atomic E-state index is 10.2. The molecule has 60 valence electrons. The summed E-state index contributed by atoms with van der Waals surface area (Å²) in [5.74, 6) is -1.41. The Balaban J connectivity index is 4.62. The Morgan fingerprint density at radius 3 is 2.45 bits per heavy atom. The van der Waals surface area contributed by atoms with Crippen LogP contribution in [0.3, 0.4) is 0 Å². The van der Waals surface area contributed by atoms with Crippen molar-refractivity contribution in [1.82, 2.24) is 0 Å². The van der Waals surface area contributed by atoms with Gasteiger partial charge in [-0.25, -0.2) is 4.79 Å². The Morgan fingerprint density at radius 1 is 1.82 bits per heavy atom. The summed E-state index contributed by atoms with van der Waals surface area (Å²) >= 11 is 0. The van der Waals surface area contributed by atoms with Crippen LogP contribution in [0.4, 0.5) is 0 Å². The number of nitroso groups, excluding NO2 is 1. The highest BCUT2D eigenvalue weighted by atomic mass is 16.4. The second kappa shape index (κ2) is 4.29. The van der Waals surface area contributed by atoms with E-state index < -0.39 is 12.0 Å². The second-order valence-corrected chi connectivity index (χ2v) is 1.79. The van der Waals surface area contributed by atoms with Crippen LogP contribution in [0.5, 0.6) is 0 Å². The van der Waals surface area contributed by atoms with Gasteiger partial charge in [-0.3, -0.25) is 0 Å². The lowest BCUT2D eigenvalue weighted by atomic mass is 10.1. The average molecular weight is 157 g/mol. The largest absolute Gasteiger partial charge is 0.479 e. The molecule has 0 amide bonds. The molecule has 0 aromatic heterocycles. The van der Waals surface area contributed by atoms with Crippen molar-refractivity contribution in [3.05, 3.63) is 10.4 Å². The molecule has 0 radical (unpaired) electrons. The number of nitrogens with zero attached hydrogens (tertiary/aromatic N) is 3. The number of carboxylic acid groups (broad SMARTS) is 1. The summed E-state index contributed by atoms with van der Waals surface area (Å²) in [4.78, 5) is 22.7. The van der Waals surface area contributed by atoms with Gasteiger partial charge in [0, 0.05) is 6.42 Å². The summed E-state index contributed by atoms with van der Waals surface area (Å²) in [6, 6.07) is -1.56. The zero-order chi connectivity index (χ0) is 8.85. The van der Waals surface area contributed by atoms with Gasteiger partial charge in [0.15, 0.2) is 0 Å². The van der Waals surface area contributed by atoms with Crippen molar-refractivity contribution in [3.8, 4) is 0 Å². The zero-order valence-electron chi connectivity index (χ0n) is 5.89. The first-order valence-corrected chi connectivity index (χ1v) is 2.93. The van der Waals surface area contributed by atoms with Gasteiger partial charge in [0.2, 0.25) is 0 Å². The molecule has 0 rings (SSSR count). The summed E-state index contributed by atoms with van der Waals surface area (Å²) in [6.07, 6.45) is 0.180. The van der Waals surface area contributed by atoms with E-state index in [0.29, 0.717) is 0 Å². The Hall–Kier alpha value is -1.55. The summed E-state index contributed by atoms with van der Waals surface area (Å²) in [5, 5.41) is 10.6. The highest BCUT2D eigenvalue weighted by Gasteiger charge is 2.30. The maximum atomic E-state index is 10.2. The smallest absolute Gasteiger partial charge is 0.344 e. The molecule has 0 saturated carbocycles. The SMILES string of the molecule is CCC(=[N+]=[N-])C(N=O)C(=O)O. The molecule has 0 bridgehead atoms. The highest BCUT2D eigenvalue weighted by molar-refractivity contribution is 6.02. The Morgan fingerprint density at radius 2 is 2.36 bits per heavy atom. The van der Waals surface area contributed by atoms with E-state index >= 15 is 0 Å². The van der Waals surface area contributed by atoms with E-state index in [1.807, 2.05) is 0 Å². The molecule has 6 heteroatoms. The molecule has 6 nitrogen and oxygen atoms in total. The molecule has 0 aliphatic heterocycles. The summed E-state index contributed by atoms with van der Waals surface area (Å²) in [6.45, 7) is 1.57. The molecule has 1 unspecified atom stereocenters. The molecule has 11 heavy (non-hydrogen) atoms. The molecule has 0 fully saturated rings. The summed E-state index contributed by atoms with van der Waals surface area (Å²) in [7, 11) is 0. The predicted molar refractivity (Wildman–Crippen MR) is 36.1 cm³/mol. The number of rotatable bonds is 4. The lowest BCUT2D eigenvalue weighted by molar-refractivity contribution is -0.137. The third-order valence-corrected chi connectivity index (χ3v) is 1.15. The van der Waals surface area contributed by atoms with E-state index in [0.717, 1.165) is 0 Å². The lowest BCUT2D eigenvalue weighted by Gasteiger charge is -1.93. The second-order valence-electron chi connectivity index (χ2n) is 1.79. The Bertz CT molecular complexity index is 219. The van der Waals surface area contributed by atoms with Crippen LogP contribution in [0.1, 0.15) is 13.3 Å². The van der Waals surface area contributed by atoms with Gasteiger partial charge >= 0.3 is 11.7 Å². The van der Waals surface area contributed by atoms with Crippen LogP contribution < -0.4 is 0 Å². The number of aliphatic carboxylic acids is 1. The molecular formula is C5H7N3O3. The van der Waals surface area contributed by atoms with Gasteiger partial charge in [-0.15, -0.1) is 4.91 Å². The van der Waals surface area contributed by atoms with Crippen molar-refractivity contribution in [2.75, 3.05) is 0 Å². The molecular weight excluding hydrogens is 150 g/mol. The number of hydrogen-bond acceptors (Lipinski definition) is 3. The number of hydrogen-bond donors (Lipinski definition) is 1. The van der Waals surface area contributed by atoms with Gasteiger partial charge in [-0.1, -0.05) is 6.92 Å². The normalized spacial score (nSPS) is 11.4. The topological polar surface area (TPSA) is 103 Å². The quantitative estimate of drug-likeness (QED) is 0.274. The molecule has 0 aromatic rings. The van der Waals surface area contributed by atoms with Crippen molar-refractivity contribution in [2.45, 2.75) is 19.4 Å². The van der Waals surface area contributed by atoms with Gasteiger partial charge in [-0.05, 0) is 5.18 Å². The molecule has 0 saturated heterocycles. The van der Waals surface area contributed by atoms with Crippen molar-refractivity contribution in [2.24, 2.45) is 5.18 Å². The van der Waals surface area contributed by atoms with Crippen molar-refractivity contribution < 1.29 is 14.7 Å². The van der Waals surface area contributed by atoms with Crippen LogP contribution in [0.25, 0.3) is 5.53 Å². The van der Waals surface area contributed by atoms with Gasteiger partial charge < -0.3 is 10.6 Å². The van der Waals surface area contributed by atoms with Crippen molar-refractivity contribution >= 4 is 11.7 Å². The van der Waals surface area contributed by atoms with Crippen LogP contribution in [0, 0.1) is 4.91 Å². The molecule has 0 aliphatic rings. The van der Waals surface area contributed by atoms with Crippen LogP contribution in [0.15, 0.2) is 5.18 Å². The van der Waals surface area contributed by atoms with E-state index in [-0.39, 0.29) is 12.1 Å². The minimum absolute atomic E-state index is 0.146. The fraction of sp³-hybridized carbons (Fsp3) is 0.600. The molecule has 0 aliphatic carbocycles. The average Bonchev–Trinajstić information content (AvgIpc) is 1.99. The first kappa shape index (κ1) is 9.45. The Labute approximate surface area is 62.4 Å². The van der Waals surface area contributed by atoms with Crippen molar-refractivity contribution in [1.29, 1.82) is 0 Å². The van der Waals surface area contributed by atoms with E-state index in [9.17, 15) is 9.70 Å². The van der Waals surface area contributed by atoms with Crippen LogP contribution in [-0.4, -0.2) is 27.6 Å². The van der Waals surface area contributed by atoms with E-state index in [1.54, 1.807) is 6.92 Å². The van der Waals surface area contributed by atoms with Gasteiger partial charge in [0.25, 0.3) is 6.04 Å². The summed E-state index contributed by atoms with van der Waals surface area (Å²) < 4.78 is 0. The van der Waals surface area contributed by atoms with E-state index in [4.69, 9.17) is 10.6 Å². The molecule has 1 N–H and O–H groups in total. The number of carboxylic acids is 1. The summed E-state index contributed by atoms with van der Waals surface area (Å²) in [5.41, 5.74) is 8.06. The third-order valence-electron chi connectivity index (χ3n) is 1.15. The minimum atomic E-state index is -1.56. The molecule has 0 heterocycles. The van der Waals surface area contributed by atoms with Crippen LogP contribution >= 0.6 is 0 Å². The van der Waals surface area contributed by atoms with Crippen LogP contribution in [0.2, 0.25) is 0 Å². The van der Waals surface area contributed by atoms with Crippen LogP contribution in [-0.2, 0) is 4.79 Å². The lowest BCUT2D eigenvalue weighted by Crippen LogP contribution is -2.27. The first-order chi connectivity index (χ1) is 5.17. The van der Waals surface area contributed by atoms with Gasteiger partial charge in [0.1, 0.15) is 0 Å². The molecule has 1 atom stereocenters. The zero-order valence-corrected chi connectivity index (χ0v) is 5.89. The molecule has 0 aromatic carbocycles. The van der Waals surface area contributed by atoms with Gasteiger partial charge in [0.05, 0.1) is 0 Å². The van der Waals surface area contributed by atoms with Crippen molar-refractivity contribution in [3.63, 3.8) is 0 Å². The molecule has 0 spiro atoms. The standard InChI is InChI=1S/C5H7N3O3/c1-2-3(7-6)4(8-11)5(9)10/h4H,2H2,1H3,(H,9,10). The highest BCUT2D eigenvalue weighted by Crippen LogP contribution is 1.96. The third kappa shape index (κ3) is 2.27. The van der Waals surface area contributed by atoms with Gasteiger partial charge in [-0.2, -0.15) is 4.79 Å². The maximum Gasteiger partial charge on any atom is 0.344 e. The van der Waals surface area contributed by atoms with E-state index in [2.05, 4.69) is 9.97 Å². The first-order valence-electron chi connectivity index (χ1n) is 2.93. The Kier molecular flexibility index (Phi) is 3.69. The number of carbonyl (C=O) groups is 1. The van der Waals surface area contributed by atoms with E-state index in [1.165, 1.54) is 0 Å². The monoisotopic (exact) mass is 157 g/mol.